The molecular weight excluding hydrogens is 449 g/mol. The van der Waals surface area contributed by atoms with E-state index in [0.717, 1.165) is 38.4 Å². The topological polar surface area (TPSA) is 53.9 Å². The first kappa shape index (κ1) is 22.1. The maximum Gasteiger partial charge on any atom is 0.308 e. The van der Waals surface area contributed by atoms with Crippen LogP contribution in [0.1, 0.15) is 19.8 Å². The lowest BCUT2D eigenvalue weighted by molar-refractivity contribution is -0.146. The van der Waals surface area contributed by atoms with Gasteiger partial charge in [0, 0.05) is 36.8 Å². The zero-order chi connectivity index (χ0) is 17.4. The van der Waals surface area contributed by atoms with E-state index in [4.69, 9.17) is 4.74 Å². The number of carbonyl (C=O) groups excluding carboxylic acids is 1. The Morgan fingerprint density at radius 3 is 2.56 bits per heavy atom. The molecule has 1 unspecified atom stereocenters. The summed E-state index contributed by atoms with van der Waals surface area (Å²) < 4.78 is 4.84. The van der Waals surface area contributed by atoms with Crippen LogP contribution in [0.2, 0.25) is 0 Å². The number of hydrogen-bond acceptors (Lipinski definition) is 4. The fourth-order valence-electron chi connectivity index (χ4n) is 2.83. The smallest absolute Gasteiger partial charge is 0.308 e. The predicted molar refractivity (Wildman–Crippen MR) is 115 cm³/mol. The van der Waals surface area contributed by atoms with Gasteiger partial charge < -0.3 is 15.0 Å². The lowest BCUT2D eigenvalue weighted by atomic mass is 9.97. The van der Waals surface area contributed by atoms with Crippen molar-refractivity contribution in [1.82, 2.24) is 10.2 Å². The Morgan fingerprint density at radius 1 is 1.36 bits per heavy atom. The number of piperidine rings is 1. The van der Waals surface area contributed by atoms with E-state index in [-0.39, 0.29) is 35.9 Å². The van der Waals surface area contributed by atoms with Crippen molar-refractivity contribution in [2.45, 2.75) is 29.9 Å². The first-order valence-electron chi connectivity index (χ1n) is 8.39. The number of likely N-dealkylation sites (tertiary alicyclic amines) is 1. The van der Waals surface area contributed by atoms with Gasteiger partial charge in [-0.1, -0.05) is 25.1 Å². The van der Waals surface area contributed by atoms with Gasteiger partial charge in [-0.3, -0.25) is 9.79 Å². The highest BCUT2D eigenvalue weighted by atomic mass is 127. The lowest BCUT2D eigenvalue weighted by Crippen LogP contribution is -2.47. The second kappa shape index (κ2) is 11.6. The molecule has 0 bridgehead atoms. The SMILES string of the molecule is CN=C(NCC(C)Sc1ccccc1)N1CCC(C(=O)OC)CC1.I. The maximum absolute atomic E-state index is 11.6. The molecule has 1 aliphatic heterocycles. The number of halogens is 1. The van der Waals surface area contributed by atoms with Crippen molar-refractivity contribution in [2.75, 3.05) is 33.8 Å². The standard InChI is InChI=1S/C18H27N3O2S.HI/c1-14(24-16-7-5-4-6-8-16)13-20-18(19-2)21-11-9-15(10-12-21)17(22)23-3;/h4-8,14-15H,9-13H2,1-3H3,(H,19,20);1H. The number of ether oxygens (including phenoxy) is 1. The Hall–Kier alpha value is -0.960. The van der Waals surface area contributed by atoms with Gasteiger partial charge in [-0.05, 0) is 25.0 Å². The van der Waals surface area contributed by atoms with Gasteiger partial charge in [0.25, 0.3) is 0 Å². The minimum Gasteiger partial charge on any atom is -0.469 e. The Labute approximate surface area is 172 Å². The summed E-state index contributed by atoms with van der Waals surface area (Å²) in [5, 5.41) is 3.90. The monoisotopic (exact) mass is 477 g/mol. The fourth-order valence-corrected chi connectivity index (χ4v) is 3.78. The predicted octanol–water partition coefficient (Wildman–Crippen LogP) is 3.25. The molecule has 1 saturated heterocycles. The summed E-state index contributed by atoms with van der Waals surface area (Å²) >= 11 is 1.85. The average molecular weight is 477 g/mol. The molecule has 2 rings (SSSR count). The molecule has 1 heterocycles. The molecule has 140 valence electrons. The van der Waals surface area contributed by atoms with Crippen LogP contribution < -0.4 is 5.32 Å². The zero-order valence-electron chi connectivity index (χ0n) is 15.1. The highest BCUT2D eigenvalue weighted by Crippen LogP contribution is 2.22. The van der Waals surface area contributed by atoms with Crippen LogP contribution in [0.15, 0.2) is 40.2 Å². The zero-order valence-corrected chi connectivity index (χ0v) is 18.3. The first-order chi connectivity index (χ1) is 11.6. The van der Waals surface area contributed by atoms with Gasteiger partial charge in [0.1, 0.15) is 0 Å². The number of methoxy groups -OCH3 is 1. The number of hydrogen-bond donors (Lipinski definition) is 1. The number of rotatable bonds is 5. The molecular formula is C18H28IN3O2S. The molecule has 0 radical (unpaired) electrons. The van der Waals surface area contributed by atoms with Crippen LogP contribution in [-0.2, 0) is 9.53 Å². The van der Waals surface area contributed by atoms with Crippen LogP contribution in [0, 0.1) is 5.92 Å². The molecule has 0 spiro atoms. The van der Waals surface area contributed by atoms with E-state index in [1.807, 2.05) is 24.9 Å². The van der Waals surface area contributed by atoms with E-state index in [1.165, 1.54) is 12.0 Å². The largest absolute Gasteiger partial charge is 0.469 e. The normalized spacial score (nSPS) is 16.8. The Morgan fingerprint density at radius 2 is 2.00 bits per heavy atom. The summed E-state index contributed by atoms with van der Waals surface area (Å²) in [4.78, 5) is 19.5. The summed E-state index contributed by atoms with van der Waals surface area (Å²) in [5.41, 5.74) is 0. The van der Waals surface area contributed by atoms with Gasteiger partial charge in [0.15, 0.2) is 5.96 Å². The summed E-state index contributed by atoms with van der Waals surface area (Å²) in [7, 11) is 3.27. The highest BCUT2D eigenvalue weighted by molar-refractivity contribution is 14.0. The number of benzene rings is 1. The van der Waals surface area contributed by atoms with Crippen LogP contribution in [0.3, 0.4) is 0 Å². The van der Waals surface area contributed by atoms with E-state index in [1.54, 1.807) is 0 Å². The molecule has 1 fully saturated rings. The molecule has 5 nitrogen and oxygen atoms in total. The molecule has 0 amide bonds. The van der Waals surface area contributed by atoms with Gasteiger partial charge in [0.05, 0.1) is 13.0 Å². The summed E-state index contributed by atoms with van der Waals surface area (Å²) in [6.07, 6.45) is 1.64. The number of carbonyl (C=O) groups is 1. The van der Waals surface area contributed by atoms with Crippen LogP contribution in [0.25, 0.3) is 0 Å². The van der Waals surface area contributed by atoms with Crippen molar-refractivity contribution in [3.8, 4) is 0 Å². The van der Waals surface area contributed by atoms with E-state index in [9.17, 15) is 4.79 Å². The van der Waals surface area contributed by atoms with Gasteiger partial charge in [-0.25, -0.2) is 0 Å². The van der Waals surface area contributed by atoms with E-state index in [0.29, 0.717) is 5.25 Å². The molecule has 25 heavy (non-hydrogen) atoms. The van der Waals surface area contributed by atoms with Gasteiger partial charge in [-0.15, -0.1) is 35.7 Å². The van der Waals surface area contributed by atoms with Gasteiger partial charge >= 0.3 is 5.97 Å². The van der Waals surface area contributed by atoms with Crippen LogP contribution in [0.5, 0.6) is 0 Å². The average Bonchev–Trinajstić information content (AvgIpc) is 2.63. The molecule has 1 aromatic carbocycles. The molecule has 1 N–H and O–H groups in total. The molecule has 7 heteroatoms. The quantitative estimate of drug-likeness (QED) is 0.232. The molecule has 1 aliphatic rings. The van der Waals surface area contributed by atoms with Crippen molar-refractivity contribution in [3.05, 3.63) is 30.3 Å². The van der Waals surface area contributed by atoms with Crippen molar-refractivity contribution < 1.29 is 9.53 Å². The second-order valence-corrected chi connectivity index (χ2v) is 7.47. The molecule has 0 aliphatic carbocycles. The Balaban J connectivity index is 0.00000312. The van der Waals surface area contributed by atoms with E-state index in [2.05, 4.69) is 46.4 Å². The molecule has 1 aromatic rings. The summed E-state index contributed by atoms with van der Waals surface area (Å²) in [6.45, 7) is 4.73. The van der Waals surface area contributed by atoms with Crippen LogP contribution in [-0.4, -0.2) is 55.9 Å². The summed E-state index contributed by atoms with van der Waals surface area (Å²) in [6, 6.07) is 10.4. The third-order valence-electron chi connectivity index (χ3n) is 4.17. The highest BCUT2D eigenvalue weighted by Gasteiger charge is 2.27. The van der Waals surface area contributed by atoms with Gasteiger partial charge in [0.2, 0.25) is 0 Å². The first-order valence-corrected chi connectivity index (χ1v) is 9.27. The molecule has 1 atom stereocenters. The van der Waals surface area contributed by atoms with Crippen molar-refractivity contribution in [1.29, 1.82) is 0 Å². The van der Waals surface area contributed by atoms with E-state index < -0.39 is 0 Å². The number of nitrogens with zero attached hydrogens (tertiary/aromatic N) is 2. The summed E-state index contributed by atoms with van der Waals surface area (Å²) in [5.74, 6) is 0.848. The fraction of sp³-hybridized carbons (Fsp3) is 0.556. The Bertz CT molecular complexity index is 549. The number of nitrogens with one attached hydrogen (secondary N) is 1. The van der Waals surface area contributed by atoms with E-state index >= 15 is 0 Å². The lowest BCUT2D eigenvalue weighted by Gasteiger charge is -2.33. The minimum atomic E-state index is -0.0921. The molecule has 0 saturated carbocycles. The minimum absolute atomic E-state index is 0. The maximum atomic E-state index is 11.6. The Kier molecular flexibility index (Phi) is 10.3. The van der Waals surface area contributed by atoms with Crippen LogP contribution in [0.4, 0.5) is 0 Å². The molecule has 0 aromatic heterocycles. The number of aliphatic imine (C=N–C) groups is 1. The van der Waals surface area contributed by atoms with Crippen molar-refractivity contribution in [3.63, 3.8) is 0 Å². The number of esters is 1. The third kappa shape index (κ3) is 7.05. The van der Waals surface area contributed by atoms with Gasteiger partial charge in [-0.2, -0.15) is 0 Å². The van der Waals surface area contributed by atoms with Crippen molar-refractivity contribution >= 4 is 47.7 Å². The third-order valence-corrected chi connectivity index (χ3v) is 5.28. The second-order valence-electron chi connectivity index (χ2n) is 5.95. The van der Waals surface area contributed by atoms with Crippen LogP contribution >= 0.6 is 35.7 Å². The number of thioether (sulfide) groups is 1. The number of guanidine groups is 1. The van der Waals surface area contributed by atoms with Crippen molar-refractivity contribution in [2.24, 2.45) is 10.9 Å².